The summed E-state index contributed by atoms with van der Waals surface area (Å²) in [5.74, 6) is 1.66. The fourth-order valence-corrected chi connectivity index (χ4v) is 15.4. The van der Waals surface area contributed by atoms with Crippen molar-refractivity contribution < 1.29 is 4.42 Å². The molecular weight excluding hydrogens is 1150 g/mol. The van der Waals surface area contributed by atoms with E-state index >= 15 is 0 Å². The average molecular weight is 1190 g/mol. The Morgan fingerprint density at radius 2 is 0.609 bits per heavy atom. The molecule has 428 valence electrons. The van der Waals surface area contributed by atoms with Crippen molar-refractivity contribution >= 4 is 152 Å². The predicted octanol–water partition coefficient (Wildman–Crippen LogP) is 21.5. The first-order chi connectivity index (χ1) is 45.6. The van der Waals surface area contributed by atoms with Gasteiger partial charge in [0.1, 0.15) is 22.5 Å². The summed E-state index contributed by atoms with van der Waals surface area (Å²) in [6.45, 7) is 0. The van der Waals surface area contributed by atoms with Crippen LogP contribution >= 0.6 is 11.3 Å². The molecule has 0 unspecified atom stereocenters. The van der Waals surface area contributed by atoms with Crippen LogP contribution in [0.5, 0.6) is 0 Å². The standard InChI is InChI=1S/C44H26N4S.C38H22N4O/c1-2-10-27(11-3-1)28-19-22-41-34(25-28)35-26-30(20-23-42(35)49-41)29-18-21-39-33(24-29)31-12-5-8-16-38(31)47(39)44-46-36-14-6-4-13-32(36)43-45-37-15-7-9-17-40(37)48(43)44;1-4-12-30-27(11-1)37-39-31-13-5-7-15-34(31)42(37)38(40-30)41-32-14-6-2-9-25(32)28-21-23(17-19-33(28)41)24-18-20-36-29(22-24)26-10-3-8-16-35(26)43-36/h1-26H;1-22H. The molecule has 0 spiro atoms. The summed E-state index contributed by atoms with van der Waals surface area (Å²) in [5.41, 5.74) is 21.1. The number of furan rings is 1. The second-order valence-electron chi connectivity index (χ2n) is 23.7. The first kappa shape index (κ1) is 50.7. The van der Waals surface area contributed by atoms with Crippen LogP contribution in [0.25, 0.3) is 186 Å². The average Bonchev–Trinajstić information content (AvgIpc) is 1.72. The molecule has 0 aliphatic heterocycles. The fourth-order valence-electron chi connectivity index (χ4n) is 14.4. The third kappa shape index (κ3) is 7.59. The minimum atomic E-state index is 0.827. The topological polar surface area (TPSA) is 83.4 Å². The first-order valence-corrected chi connectivity index (χ1v) is 31.7. The zero-order valence-corrected chi connectivity index (χ0v) is 49.9. The molecule has 9 nitrogen and oxygen atoms in total. The lowest BCUT2D eigenvalue weighted by Gasteiger charge is -2.12. The largest absolute Gasteiger partial charge is 0.456 e. The van der Waals surface area contributed by atoms with Crippen LogP contribution in [0.1, 0.15) is 0 Å². The van der Waals surface area contributed by atoms with E-state index in [4.69, 9.17) is 24.4 Å². The van der Waals surface area contributed by atoms with Gasteiger partial charge in [-0.3, -0.25) is 17.9 Å². The Morgan fingerprint density at radius 1 is 0.239 bits per heavy atom. The number of fused-ring (bicyclic) bond motifs is 22. The zero-order chi connectivity index (χ0) is 60.1. The van der Waals surface area contributed by atoms with E-state index in [1.807, 2.05) is 47.7 Å². The quantitative estimate of drug-likeness (QED) is 0.171. The van der Waals surface area contributed by atoms with Crippen LogP contribution in [-0.4, -0.2) is 37.9 Å². The maximum absolute atomic E-state index is 6.10. The monoisotopic (exact) mass is 1190 g/mol. The van der Waals surface area contributed by atoms with Gasteiger partial charge in [-0.05, 0) is 161 Å². The number of thiophene rings is 1. The summed E-state index contributed by atoms with van der Waals surface area (Å²) in [5, 5.41) is 11.7. The molecule has 0 aliphatic rings. The van der Waals surface area contributed by atoms with E-state index in [0.717, 1.165) is 122 Å². The van der Waals surface area contributed by atoms with Gasteiger partial charge in [0.05, 0.1) is 55.2 Å². The van der Waals surface area contributed by atoms with E-state index in [0.29, 0.717) is 0 Å². The van der Waals surface area contributed by atoms with Gasteiger partial charge < -0.3 is 4.42 Å². The summed E-state index contributed by atoms with van der Waals surface area (Å²) < 4.78 is 17.7. The molecule has 8 aromatic heterocycles. The first-order valence-electron chi connectivity index (χ1n) is 30.9. The molecule has 92 heavy (non-hydrogen) atoms. The highest BCUT2D eigenvalue weighted by Gasteiger charge is 2.23. The number of rotatable bonds is 5. The van der Waals surface area contributed by atoms with Gasteiger partial charge in [0.15, 0.2) is 0 Å². The van der Waals surface area contributed by atoms with Gasteiger partial charge in [0.2, 0.25) is 11.9 Å². The molecule has 21 aromatic rings. The number of nitrogens with zero attached hydrogens (tertiary/aromatic N) is 8. The van der Waals surface area contributed by atoms with Crippen LogP contribution in [-0.2, 0) is 0 Å². The Morgan fingerprint density at radius 3 is 1.14 bits per heavy atom. The SMILES string of the molecule is c1ccc(-c2ccc3sc4ccc(-c5ccc6c(c5)c5ccccc5n6-c5nc6ccccc6c6nc7ccccc7n56)cc4c3c2)cc1.c1ccc2c(c1)nc(-n1c3ccccc3c3cc(-c4ccc5oc6ccccc6c5c4)ccc31)n1c3ccccc3nc21. The van der Waals surface area contributed by atoms with Crippen LogP contribution in [0.2, 0.25) is 0 Å². The fraction of sp³-hybridized carbons (Fsp3) is 0. The van der Waals surface area contributed by atoms with Gasteiger partial charge in [-0.15, -0.1) is 11.3 Å². The Kier molecular flexibility index (Phi) is 10.8. The summed E-state index contributed by atoms with van der Waals surface area (Å²) in [4.78, 5) is 20.8. The van der Waals surface area contributed by atoms with Crippen LogP contribution in [0.15, 0.2) is 296 Å². The van der Waals surface area contributed by atoms with Crippen molar-refractivity contribution in [2.75, 3.05) is 0 Å². The van der Waals surface area contributed by atoms with E-state index in [2.05, 4.69) is 273 Å². The molecule has 0 bridgehead atoms. The van der Waals surface area contributed by atoms with Gasteiger partial charge >= 0.3 is 0 Å². The van der Waals surface area contributed by atoms with Gasteiger partial charge in [0, 0.05) is 63.3 Å². The highest BCUT2D eigenvalue weighted by atomic mass is 32.1. The van der Waals surface area contributed by atoms with E-state index < -0.39 is 0 Å². The number of benzene rings is 13. The minimum Gasteiger partial charge on any atom is -0.456 e. The summed E-state index contributed by atoms with van der Waals surface area (Å²) in [6, 6.07) is 103. The molecule has 0 atom stereocenters. The number of hydrogen-bond acceptors (Lipinski definition) is 6. The number of hydrogen-bond donors (Lipinski definition) is 0. The lowest BCUT2D eigenvalue weighted by molar-refractivity contribution is 0.669. The second kappa shape index (κ2) is 19.6. The normalized spacial score (nSPS) is 12.1. The lowest BCUT2D eigenvalue weighted by atomic mass is 9.99. The zero-order valence-electron chi connectivity index (χ0n) is 49.1. The van der Waals surface area contributed by atoms with Crippen molar-refractivity contribution in [3.05, 3.63) is 291 Å². The molecule has 13 aromatic carbocycles. The summed E-state index contributed by atoms with van der Waals surface area (Å²) in [6.07, 6.45) is 0. The molecule has 8 heterocycles. The number of aromatic nitrogens is 8. The summed E-state index contributed by atoms with van der Waals surface area (Å²) >= 11 is 1.86. The predicted molar refractivity (Wildman–Crippen MR) is 381 cm³/mol. The van der Waals surface area contributed by atoms with Crippen molar-refractivity contribution in [2.45, 2.75) is 0 Å². The third-order valence-corrected chi connectivity index (χ3v) is 19.8. The van der Waals surface area contributed by atoms with Gasteiger partial charge in [-0.1, -0.05) is 164 Å². The maximum Gasteiger partial charge on any atom is 0.221 e. The molecule has 0 radical (unpaired) electrons. The molecule has 0 saturated carbocycles. The maximum atomic E-state index is 6.10. The third-order valence-electron chi connectivity index (χ3n) is 18.6. The van der Waals surface area contributed by atoms with Crippen LogP contribution < -0.4 is 0 Å². The Hall–Kier alpha value is -12.2. The van der Waals surface area contributed by atoms with E-state index in [9.17, 15) is 0 Å². The van der Waals surface area contributed by atoms with Gasteiger partial charge in [-0.2, -0.15) is 0 Å². The number of para-hydroxylation sites is 9. The molecule has 0 aliphatic carbocycles. The highest BCUT2D eigenvalue weighted by Crippen LogP contribution is 2.43. The smallest absolute Gasteiger partial charge is 0.221 e. The van der Waals surface area contributed by atoms with E-state index in [-0.39, 0.29) is 0 Å². The van der Waals surface area contributed by atoms with Crippen molar-refractivity contribution in [2.24, 2.45) is 0 Å². The van der Waals surface area contributed by atoms with Crippen molar-refractivity contribution in [3.8, 4) is 45.3 Å². The Balaban J connectivity index is 0.000000129. The van der Waals surface area contributed by atoms with Crippen LogP contribution in [0.4, 0.5) is 0 Å². The van der Waals surface area contributed by atoms with Gasteiger partial charge in [-0.25, -0.2) is 19.9 Å². The second-order valence-corrected chi connectivity index (χ2v) is 24.8. The number of imidazole rings is 2. The van der Waals surface area contributed by atoms with Crippen molar-refractivity contribution in [1.82, 2.24) is 37.9 Å². The molecule has 0 amide bonds. The Bertz CT molecular complexity index is 6660. The summed E-state index contributed by atoms with van der Waals surface area (Å²) in [7, 11) is 0. The molecule has 0 saturated heterocycles. The molecule has 0 N–H and O–H groups in total. The highest BCUT2D eigenvalue weighted by molar-refractivity contribution is 7.25. The molecule has 21 rings (SSSR count). The molecule has 0 fully saturated rings. The van der Waals surface area contributed by atoms with E-state index in [1.165, 1.54) is 64.0 Å². The van der Waals surface area contributed by atoms with Crippen molar-refractivity contribution in [3.63, 3.8) is 0 Å². The molecular formula is C82H48N8OS. The van der Waals surface area contributed by atoms with Gasteiger partial charge in [0.25, 0.3) is 0 Å². The van der Waals surface area contributed by atoms with Crippen molar-refractivity contribution in [1.29, 1.82) is 0 Å². The molecule has 10 heteroatoms. The van der Waals surface area contributed by atoms with Crippen LogP contribution in [0.3, 0.4) is 0 Å². The van der Waals surface area contributed by atoms with E-state index in [1.54, 1.807) is 0 Å². The lowest BCUT2D eigenvalue weighted by Crippen LogP contribution is -2.06. The Labute approximate surface area is 527 Å². The van der Waals surface area contributed by atoms with Crippen LogP contribution in [0, 0.1) is 0 Å². The minimum absolute atomic E-state index is 0.827.